The summed E-state index contributed by atoms with van der Waals surface area (Å²) in [5, 5.41) is 12.1. The van der Waals surface area contributed by atoms with Gasteiger partial charge in [-0.2, -0.15) is 13.2 Å². The molecular weight excluding hydrogens is 263 g/mol. The highest BCUT2D eigenvalue weighted by Crippen LogP contribution is 2.40. The molecule has 0 saturated carbocycles. The zero-order valence-electron chi connectivity index (χ0n) is 10.2. The Hall–Kier alpha value is -1.83. The van der Waals surface area contributed by atoms with Crippen LogP contribution in [0.4, 0.5) is 13.2 Å². The van der Waals surface area contributed by atoms with Gasteiger partial charge in [-0.3, -0.25) is 4.79 Å². The molecule has 0 bridgehead atoms. The van der Waals surface area contributed by atoms with Crippen LogP contribution in [0.15, 0.2) is 25.0 Å². The fourth-order valence-corrected chi connectivity index (χ4v) is 1.58. The van der Waals surface area contributed by atoms with Crippen molar-refractivity contribution in [2.45, 2.75) is 18.2 Å². The SMILES string of the molecule is C=CC(=O)NCC[C@@](O)(c1nccn1C)C(F)(F)F. The largest absolute Gasteiger partial charge is 0.424 e. The number of nitrogens with one attached hydrogen (secondary N) is 1. The maximum Gasteiger partial charge on any atom is 0.424 e. The smallest absolute Gasteiger partial charge is 0.374 e. The van der Waals surface area contributed by atoms with Crippen LogP contribution in [0, 0.1) is 0 Å². The van der Waals surface area contributed by atoms with E-state index in [0.29, 0.717) is 0 Å². The van der Waals surface area contributed by atoms with Crippen molar-refractivity contribution >= 4 is 5.91 Å². The number of imidazole rings is 1. The number of aromatic nitrogens is 2. The predicted octanol–water partition coefficient (Wildman–Crippen LogP) is 0.862. The minimum absolute atomic E-state index is 0.353. The first-order valence-electron chi connectivity index (χ1n) is 5.39. The number of halogens is 3. The van der Waals surface area contributed by atoms with Gasteiger partial charge in [0, 0.05) is 32.4 Å². The summed E-state index contributed by atoms with van der Waals surface area (Å²) in [7, 11) is 1.35. The summed E-state index contributed by atoms with van der Waals surface area (Å²) in [4.78, 5) is 14.4. The van der Waals surface area contributed by atoms with Crippen molar-refractivity contribution in [2.75, 3.05) is 6.54 Å². The Morgan fingerprint density at radius 3 is 2.68 bits per heavy atom. The molecule has 0 saturated heterocycles. The molecule has 0 aliphatic carbocycles. The second-order valence-corrected chi connectivity index (χ2v) is 3.96. The molecule has 1 atom stereocenters. The molecule has 106 valence electrons. The Kier molecular flexibility index (Phi) is 4.35. The van der Waals surface area contributed by atoms with Crippen LogP contribution in [-0.4, -0.2) is 33.3 Å². The molecule has 1 aromatic rings. The van der Waals surface area contributed by atoms with Gasteiger partial charge in [0.2, 0.25) is 11.5 Å². The molecule has 19 heavy (non-hydrogen) atoms. The van der Waals surface area contributed by atoms with Gasteiger partial charge in [-0.1, -0.05) is 6.58 Å². The molecule has 8 heteroatoms. The van der Waals surface area contributed by atoms with Crippen molar-refractivity contribution in [2.24, 2.45) is 7.05 Å². The molecule has 0 unspecified atom stereocenters. The van der Waals surface area contributed by atoms with E-state index in [4.69, 9.17) is 0 Å². The summed E-state index contributed by atoms with van der Waals surface area (Å²) >= 11 is 0. The van der Waals surface area contributed by atoms with Gasteiger partial charge in [-0.25, -0.2) is 4.98 Å². The third kappa shape index (κ3) is 3.14. The van der Waals surface area contributed by atoms with Crippen LogP contribution in [-0.2, 0) is 17.4 Å². The fraction of sp³-hybridized carbons (Fsp3) is 0.455. The van der Waals surface area contributed by atoms with E-state index in [0.717, 1.165) is 16.8 Å². The Morgan fingerprint density at radius 2 is 2.26 bits per heavy atom. The van der Waals surface area contributed by atoms with E-state index in [-0.39, 0.29) is 6.54 Å². The number of alkyl halides is 3. The molecular formula is C11H14F3N3O2. The zero-order chi connectivity index (χ0) is 14.7. The molecule has 0 radical (unpaired) electrons. The molecule has 1 aromatic heterocycles. The van der Waals surface area contributed by atoms with Gasteiger partial charge in [-0.05, 0) is 6.08 Å². The third-order valence-electron chi connectivity index (χ3n) is 2.63. The van der Waals surface area contributed by atoms with Crippen molar-refractivity contribution in [1.29, 1.82) is 0 Å². The lowest BCUT2D eigenvalue weighted by molar-refractivity contribution is -0.272. The number of hydrogen-bond donors (Lipinski definition) is 2. The molecule has 0 aliphatic rings. The van der Waals surface area contributed by atoms with Crippen LogP contribution in [0.1, 0.15) is 12.2 Å². The van der Waals surface area contributed by atoms with Crippen molar-refractivity contribution < 1.29 is 23.1 Å². The van der Waals surface area contributed by atoms with E-state index in [1.807, 2.05) is 0 Å². The third-order valence-corrected chi connectivity index (χ3v) is 2.63. The standard InChI is InChI=1S/C11H14F3N3O2/c1-3-8(18)15-5-4-10(19,11(12,13)14)9-16-6-7-17(9)2/h3,6-7,19H,1,4-5H2,2H3,(H,15,18)/t10-/m1/s1. The van der Waals surface area contributed by atoms with Gasteiger partial charge < -0.3 is 15.0 Å². The lowest BCUT2D eigenvalue weighted by atomic mass is 9.97. The molecule has 1 heterocycles. The molecule has 1 rings (SSSR count). The van der Waals surface area contributed by atoms with Crippen LogP contribution in [0.25, 0.3) is 0 Å². The number of aliphatic hydroxyl groups is 1. The van der Waals surface area contributed by atoms with Crippen LogP contribution in [0.3, 0.4) is 0 Å². The highest BCUT2D eigenvalue weighted by molar-refractivity contribution is 5.86. The second-order valence-electron chi connectivity index (χ2n) is 3.96. The summed E-state index contributed by atoms with van der Waals surface area (Å²) in [5.74, 6) is -1.13. The van der Waals surface area contributed by atoms with Crippen molar-refractivity contribution in [3.63, 3.8) is 0 Å². The Morgan fingerprint density at radius 1 is 1.63 bits per heavy atom. The number of hydrogen-bond acceptors (Lipinski definition) is 3. The Bertz CT molecular complexity index is 470. The van der Waals surface area contributed by atoms with Gasteiger partial charge in [-0.15, -0.1) is 0 Å². The normalized spacial score (nSPS) is 14.8. The second kappa shape index (κ2) is 5.43. The molecule has 1 amide bonds. The number of aryl methyl sites for hydroxylation is 1. The monoisotopic (exact) mass is 277 g/mol. The predicted molar refractivity (Wildman–Crippen MR) is 61.0 cm³/mol. The Balaban J connectivity index is 2.93. The minimum Gasteiger partial charge on any atom is -0.374 e. The van der Waals surface area contributed by atoms with Crippen molar-refractivity contribution in [1.82, 2.24) is 14.9 Å². The highest BCUT2D eigenvalue weighted by atomic mass is 19.4. The highest BCUT2D eigenvalue weighted by Gasteiger charge is 2.57. The lowest BCUT2D eigenvalue weighted by Gasteiger charge is -2.29. The fourth-order valence-electron chi connectivity index (χ4n) is 1.58. The van der Waals surface area contributed by atoms with E-state index in [1.165, 1.54) is 13.2 Å². The summed E-state index contributed by atoms with van der Waals surface area (Å²) in [6.07, 6.45) is -2.23. The summed E-state index contributed by atoms with van der Waals surface area (Å²) in [6, 6.07) is 0. The molecule has 0 spiro atoms. The van der Waals surface area contributed by atoms with Crippen LogP contribution in [0.5, 0.6) is 0 Å². The van der Waals surface area contributed by atoms with E-state index in [9.17, 15) is 23.1 Å². The van der Waals surface area contributed by atoms with Gasteiger partial charge in [0.25, 0.3) is 0 Å². The van der Waals surface area contributed by atoms with Crippen LogP contribution >= 0.6 is 0 Å². The minimum atomic E-state index is -4.90. The van der Waals surface area contributed by atoms with E-state index >= 15 is 0 Å². The van der Waals surface area contributed by atoms with E-state index in [2.05, 4.69) is 16.9 Å². The molecule has 0 fully saturated rings. The quantitative estimate of drug-likeness (QED) is 0.785. The molecule has 0 aliphatic heterocycles. The van der Waals surface area contributed by atoms with Gasteiger partial charge >= 0.3 is 6.18 Å². The van der Waals surface area contributed by atoms with Gasteiger partial charge in [0.1, 0.15) is 5.82 Å². The van der Waals surface area contributed by atoms with E-state index < -0.39 is 29.9 Å². The maximum absolute atomic E-state index is 13.0. The number of nitrogens with zero attached hydrogens (tertiary/aromatic N) is 2. The lowest BCUT2D eigenvalue weighted by Crippen LogP contribution is -2.46. The van der Waals surface area contributed by atoms with Gasteiger partial charge in [0.05, 0.1) is 0 Å². The average Bonchev–Trinajstić information content (AvgIpc) is 2.73. The zero-order valence-corrected chi connectivity index (χ0v) is 10.2. The van der Waals surface area contributed by atoms with Crippen LogP contribution < -0.4 is 5.32 Å². The molecule has 2 N–H and O–H groups in total. The number of carbonyl (C=O) groups excluding carboxylic acids is 1. The Labute approximate surface area is 107 Å². The van der Waals surface area contributed by atoms with Crippen LogP contribution in [0.2, 0.25) is 0 Å². The summed E-state index contributed by atoms with van der Waals surface area (Å²) in [5.41, 5.74) is -3.11. The first-order chi connectivity index (χ1) is 8.72. The first kappa shape index (κ1) is 15.2. The van der Waals surface area contributed by atoms with E-state index in [1.54, 1.807) is 0 Å². The first-order valence-corrected chi connectivity index (χ1v) is 5.39. The van der Waals surface area contributed by atoms with Gasteiger partial charge in [0.15, 0.2) is 0 Å². The van der Waals surface area contributed by atoms with Crippen molar-refractivity contribution in [3.05, 3.63) is 30.9 Å². The summed E-state index contributed by atoms with van der Waals surface area (Å²) in [6.45, 7) is 2.82. The number of carbonyl (C=O) groups is 1. The topological polar surface area (TPSA) is 67.2 Å². The average molecular weight is 277 g/mol. The molecule has 0 aromatic carbocycles. The maximum atomic E-state index is 13.0. The number of amides is 1. The number of rotatable bonds is 5. The molecule has 5 nitrogen and oxygen atoms in total. The van der Waals surface area contributed by atoms with Crippen molar-refractivity contribution in [3.8, 4) is 0 Å². The summed E-state index contributed by atoms with van der Waals surface area (Å²) < 4.78 is 40.1.